The number of benzene rings is 1. The van der Waals surface area contributed by atoms with E-state index in [4.69, 9.17) is 15.2 Å². The molecule has 3 N–H and O–H groups in total. The Bertz CT molecular complexity index is 649. The molecule has 146 valence electrons. The van der Waals surface area contributed by atoms with E-state index in [1.165, 1.54) is 12.1 Å². The van der Waals surface area contributed by atoms with Crippen molar-refractivity contribution in [3.05, 3.63) is 29.8 Å². The molecule has 2 unspecified atom stereocenters. The predicted molar refractivity (Wildman–Crippen MR) is 90.6 cm³/mol. The van der Waals surface area contributed by atoms with Crippen molar-refractivity contribution in [2.45, 2.75) is 51.6 Å². The molecule has 8 heteroatoms. The maximum Gasteiger partial charge on any atom is 0.422 e. The van der Waals surface area contributed by atoms with Crippen LogP contribution < -0.4 is 15.8 Å². The number of alkyl halides is 3. The lowest BCUT2D eigenvalue weighted by atomic mass is 9.54. The molecule has 0 spiro atoms. The highest BCUT2D eigenvalue weighted by Gasteiger charge is 2.62. The highest BCUT2D eigenvalue weighted by Crippen LogP contribution is 2.49. The van der Waals surface area contributed by atoms with Crippen molar-refractivity contribution >= 4 is 5.91 Å². The molecule has 1 aliphatic rings. The Morgan fingerprint density at radius 3 is 2.65 bits per heavy atom. The van der Waals surface area contributed by atoms with Crippen LogP contribution in [-0.4, -0.2) is 36.9 Å². The van der Waals surface area contributed by atoms with Gasteiger partial charge < -0.3 is 20.5 Å². The van der Waals surface area contributed by atoms with E-state index in [1.54, 1.807) is 12.1 Å². The summed E-state index contributed by atoms with van der Waals surface area (Å²) in [5, 5.41) is 2.76. The van der Waals surface area contributed by atoms with Crippen LogP contribution in [0.15, 0.2) is 24.3 Å². The molecular formula is C18H25F3N2O3. The van der Waals surface area contributed by atoms with Crippen LogP contribution in [0.2, 0.25) is 0 Å². The van der Waals surface area contributed by atoms with Gasteiger partial charge in [-0.3, -0.25) is 4.79 Å². The molecule has 0 saturated heterocycles. The summed E-state index contributed by atoms with van der Waals surface area (Å²) in [4.78, 5) is 12.6. The number of rotatable bonds is 7. The Hall–Kier alpha value is -1.80. The molecule has 0 aromatic heterocycles. The smallest absolute Gasteiger partial charge is 0.422 e. The van der Waals surface area contributed by atoms with Crippen molar-refractivity contribution in [2.24, 2.45) is 11.1 Å². The Balaban J connectivity index is 1.94. The molecule has 1 fully saturated rings. The standard InChI is InChI=1S/C18H25F3N2O3/c1-4-25-14-9-17(22,16(14,2)3)15(24)23-10-12-6-5-7-13(8-12)26-11-18(19,20)21/h5-8,14H,4,9-11,22H2,1-3H3,(H,23,24). The molecule has 1 aliphatic carbocycles. The molecule has 0 bridgehead atoms. The average molecular weight is 374 g/mol. The fourth-order valence-corrected chi connectivity index (χ4v) is 3.07. The third-order valence-electron chi connectivity index (χ3n) is 4.99. The van der Waals surface area contributed by atoms with E-state index in [1.807, 2.05) is 20.8 Å². The van der Waals surface area contributed by atoms with Gasteiger partial charge in [-0.25, -0.2) is 0 Å². The third kappa shape index (κ3) is 4.29. The van der Waals surface area contributed by atoms with E-state index >= 15 is 0 Å². The third-order valence-corrected chi connectivity index (χ3v) is 4.99. The van der Waals surface area contributed by atoms with Crippen LogP contribution in [-0.2, 0) is 16.1 Å². The van der Waals surface area contributed by atoms with Crippen molar-refractivity contribution < 1.29 is 27.4 Å². The quantitative estimate of drug-likeness (QED) is 0.770. The molecule has 0 aliphatic heterocycles. The number of ether oxygens (including phenoxy) is 2. The molecule has 0 radical (unpaired) electrons. The zero-order chi connectivity index (χ0) is 19.6. The van der Waals surface area contributed by atoms with Crippen LogP contribution >= 0.6 is 0 Å². The molecular weight excluding hydrogens is 349 g/mol. The van der Waals surface area contributed by atoms with E-state index in [9.17, 15) is 18.0 Å². The zero-order valence-electron chi connectivity index (χ0n) is 15.2. The van der Waals surface area contributed by atoms with Crippen molar-refractivity contribution in [3.8, 4) is 5.75 Å². The van der Waals surface area contributed by atoms with Gasteiger partial charge >= 0.3 is 6.18 Å². The number of nitrogens with two attached hydrogens (primary N) is 1. The number of hydrogen-bond donors (Lipinski definition) is 2. The van der Waals surface area contributed by atoms with Crippen molar-refractivity contribution in [2.75, 3.05) is 13.2 Å². The summed E-state index contributed by atoms with van der Waals surface area (Å²) in [5.74, 6) is -0.211. The van der Waals surface area contributed by atoms with Crippen molar-refractivity contribution in [3.63, 3.8) is 0 Å². The largest absolute Gasteiger partial charge is 0.484 e. The zero-order valence-corrected chi connectivity index (χ0v) is 15.2. The van der Waals surface area contributed by atoms with Gasteiger partial charge in [-0.05, 0) is 24.6 Å². The topological polar surface area (TPSA) is 73.6 Å². The normalized spacial score (nSPS) is 24.7. The average Bonchev–Trinajstić information content (AvgIpc) is 2.57. The molecule has 1 amide bonds. The van der Waals surface area contributed by atoms with Crippen LogP contribution in [0, 0.1) is 5.41 Å². The molecule has 1 aromatic carbocycles. The highest BCUT2D eigenvalue weighted by atomic mass is 19.4. The number of nitrogens with one attached hydrogen (secondary N) is 1. The van der Waals surface area contributed by atoms with Crippen LogP contribution in [0.1, 0.15) is 32.8 Å². The molecule has 1 aromatic rings. The summed E-state index contributed by atoms with van der Waals surface area (Å²) < 4.78 is 47.0. The SMILES string of the molecule is CCOC1CC(N)(C(=O)NCc2cccc(OCC(F)(F)F)c2)C1(C)C. The minimum atomic E-state index is -4.40. The second-order valence-electron chi connectivity index (χ2n) is 7.08. The summed E-state index contributed by atoms with van der Waals surface area (Å²) in [6.45, 7) is 5.01. The van der Waals surface area contributed by atoms with Crippen LogP contribution in [0.25, 0.3) is 0 Å². The van der Waals surface area contributed by atoms with E-state index in [2.05, 4.69) is 5.32 Å². The monoisotopic (exact) mass is 374 g/mol. The Morgan fingerprint density at radius 2 is 2.08 bits per heavy atom. The number of carbonyl (C=O) groups is 1. The van der Waals surface area contributed by atoms with Gasteiger partial charge in [-0.2, -0.15) is 13.2 Å². The Morgan fingerprint density at radius 1 is 1.38 bits per heavy atom. The van der Waals surface area contributed by atoms with Crippen LogP contribution in [0.5, 0.6) is 5.75 Å². The summed E-state index contributed by atoms with van der Waals surface area (Å²) in [6, 6.07) is 6.16. The van der Waals surface area contributed by atoms with Gasteiger partial charge in [0.25, 0.3) is 0 Å². The molecule has 2 atom stereocenters. The maximum absolute atomic E-state index is 12.6. The fraction of sp³-hybridized carbons (Fsp3) is 0.611. The van der Waals surface area contributed by atoms with Crippen LogP contribution in [0.3, 0.4) is 0 Å². The molecule has 26 heavy (non-hydrogen) atoms. The van der Waals surface area contributed by atoms with Gasteiger partial charge in [0.1, 0.15) is 11.3 Å². The van der Waals surface area contributed by atoms with Gasteiger partial charge in [-0.1, -0.05) is 26.0 Å². The van der Waals surface area contributed by atoms with Crippen molar-refractivity contribution in [1.29, 1.82) is 0 Å². The Kier molecular flexibility index (Phi) is 5.87. The van der Waals surface area contributed by atoms with Gasteiger partial charge in [-0.15, -0.1) is 0 Å². The predicted octanol–water partition coefficient (Wildman–Crippen LogP) is 2.78. The first-order valence-corrected chi connectivity index (χ1v) is 8.47. The lowest BCUT2D eigenvalue weighted by Gasteiger charge is -2.57. The first-order chi connectivity index (χ1) is 12.0. The van der Waals surface area contributed by atoms with E-state index in [0.717, 1.165) is 0 Å². The molecule has 5 nitrogen and oxygen atoms in total. The van der Waals surface area contributed by atoms with E-state index < -0.39 is 23.7 Å². The maximum atomic E-state index is 12.6. The van der Waals surface area contributed by atoms with Gasteiger partial charge in [0.15, 0.2) is 6.61 Å². The first-order valence-electron chi connectivity index (χ1n) is 8.47. The molecule has 1 saturated carbocycles. The van der Waals surface area contributed by atoms with Gasteiger partial charge in [0.2, 0.25) is 5.91 Å². The molecule has 0 heterocycles. The molecule has 2 rings (SSSR count). The second kappa shape index (κ2) is 7.44. The summed E-state index contributed by atoms with van der Waals surface area (Å²) >= 11 is 0. The highest BCUT2D eigenvalue weighted by molar-refractivity contribution is 5.88. The Labute approximate surface area is 151 Å². The van der Waals surface area contributed by atoms with Gasteiger partial charge in [0.05, 0.1) is 6.10 Å². The van der Waals surface area contributed by atoms with Crippen molar-refractivity contribution in [1.82, 2.24) is 5.32 Å². The lowest BCUT2D eigenvalue weighted by molar-refractivity contribution is -0.170. The van der Waals surface area contributed by atoms with Gasteiger partial charge in [0, 0.05) is 25.0 Å². The summed E-state index contributed by atoms with van der Waals surface area (Å²) in [6.07, 6.45) is -4.06. The summed E-state index contributed by atoms with van der Waals surface area (Å²) in [7, 11) is 0. The number of hydrogen-bond acceptors (Lipinski definition) is 4. The summed E-state index contributed by atoms with van der Waals surface area (Å²) in [5.41, 5.74) is 5.36. The van der Waals surface area contributed by atoms with Crippen LogP contribution in [0.4, 0.5) is 13.2 Å². The first kappa shape index (κ1) is 20.5. The number of halogens is 3. The van der Waals surface area contributed by atoms with E-state index in [0.29, 0.717) is 18.6 Å². The number of carbonyl (C=O) groups excluding carboxylic acids is 1. The number of amides is 1. The second-order valence-corrected chi connectivity index (χ2v) is 7.08. The minimum absolute atomic E-state index is 0.0812. The van der Waals surface area contributed by atoms with E-state index in [-0.39, 0.29) is 24.3 Å². The minimum Gasteiger partial charge on any atom is -0.484 e. The fourth-order valence-electron chi connectivity index (χ4n) is 3.07. The lowest BCUT2D eigenvalue weighted by Crippen LogP contribution is -2.75.